The summed E-state index contributed by atoms with van der Waals surface area (Å²) in [7, 11) is 0. The second-order valence-electron chi connectivity index (χ2n) is 3.65. The van der Waals surface area contributed by atoms with E-state index in [-0.39, 0.29) is 0 Å². The predicted molar refractivity (Wildman–Crippen MR) is 54.1 cm³/mol. The van der Waals surface area contributed by atoms with Gasteiger partial charge in [0.1, 0.15) is 0 Å². The van der Waals surface area contributed by atoms with Crippen LogP contribution in [0.15, 0.2) is 0 Å². The van der Waals surface area contributed by atoms with Crippen molar-refractivity contribution in [1.29, 1.82) is 0 Å². The summed E-state index contributed by atoms with van der Waals surface area (Å²) in [5.74, 6) is -1.13. The van der Waals surface area contributed by atoms with Gasteiger partial charge in [0.2, 0.25) is 0 Å². The number of carboxylic acids is 1. The van der Waals surface area contributed by atoms with Gasteiger partial charge in [0.25, 0.3) is 5.78 Å². The van der Waals surface area contributed by atoms with Gasteiger partial charge >= 0.3 is 5.97 Å². The summed E-state index contributed by atoms with van der Waals surface area (Å²) in [6.07, 6.45) is 0. The molecule has 1 unspecified atom stereocenters. The Labute approximate surface area is 91.1 Å². The number of aliphatic carboxylic acids is 1. The molecular formula is C9H11N5O2. The Morgan fingerprint density at radius 3 is 2.75 bits per heavy atom. The van der Waals surface area contributed by atoms with Crippen LogP contribution in [0.2, 0.25) is 0 Å². The highest BCUT2D eigenvalue weighted by Gasteiger charge is 2.21. The maximum Gasteiger partial charge on any atom is 0.310 e. The van der Waals surface area contributed by atoms with Crippen LogP contribution in [0.1, 0.15) is 29.8 Å². The van der Waals surface area contributed by atoms with Crippen LogP contribution < -0.4 is 0 Å². The summed E-state index contributed by atoms with van der Waals surface area (Å²) < 4.78 is 1.45. The van der Waals surface area contributed by atoms with Gasteiger partial charge in [0, 0.05) is 11.3 Å². The third-order valence-corrected chi connectivity index (χ3v) is 2.62. The van der Waals surface area contributed by atoms with Gasteiger partial charge < -0.3 is 5.11 Å². The number of aromatic nitrogens is 5. The zero-order valence-electron chi connectivity index (χ0n) is 9.17. The molecule has 1 atom stereocenters. The lowest BCUT2D eigenvalue weighted by molar-refractivity contribution is -0.138. The minimum absolute atomic E-state index is 0.385. The van der Waals surface area contributed by atoms with Crippen LogP contribution in [0.3, 0.4) is 0 Å². The molecule has 0 aliphatic carbocycles. The van der Waals surface area contributed by atoms with Gasteiger partial charge in [-0.2, -0.15) is 4.52 Å². The van der Waals surface area contributed by atoms with Crippen molar-refractivity contribution in [2.75, 3.05) is 0 Å². The summed E-state index contributed by atoms with van der Waals surface area (Å²) in [5.41, 5.74) is 2.02. The fourth-order valence-electron chi connectivity index (χ4n) is 1.81. The topological polar surface area (TPSA) is 93.3 Å². The minimum atomic E-state index is -0.888. The number of fused-ring (bicyclic) bond motifs is 1. The number of tetrazole rings is 1. The largest absolute Gasteiger partial charge is 0.481 e. The summed E-state index contributed by atoms with van der Waals surface area (Å²) in [6.45, 7) is 5.17. The van der Waals surface area contributed by atoms with Crippen LogP contribution in [0, 0.1) is 13.8 Å². The van der Waals surface area contributed by atoms with Gasteiger partial charge in [-0.05, 0) is 31.2 Å². The van der Waals surface area contributed by atoms with E-state index in [2.05, 4.69) is 20.5 Å². The van der Waals surface area contributed by atoms with Crippen molar-refractivity contribution in [3.63, 3.8) is 0 Å². The summed E-state index contributed by atoms with van der Waals surface area (Å²) in [4.78, 5) is 15.2. The van der Waals surface area contributed by atoms with Crippen molar-refractivity contribution >= 4 is 11.7 Å². The molecule has 1 N–H and O–H groups in total. The average Bonchev–Trinajstić information content (AvgIpc) is 2.65. The zero-order chi connectivity index (χ0) is 11.9. The summed E-state index contributed by atoms with van der Waals surface area (Å²) in [6, 6.07) is 0. The van der Waals surface area contributed by atoms with Gasteiger partial charge in [-0.3, -0.25) is 4.79 Å². The number of hydrogen-bond acceptors (Lipinski definition) is 5. The highest BCUT2D eigenvalue weighted by atomic mass is 16.4. The SMILES string of the molecule is Cc1nc2nnnn2c(C)c1C(C)C(=O)O. The van der Waals surface area contributed by atoms with Crippen molar-refractivity contribution in [2.24, 2.45) is 0 Å². The fourth-order valence-corrected chi connectivity index (χ4v) is 1.81. The molecule has 0 bridgehead atoms. The second kappa shape index (κ2) is 3.51. The minimum Gasteiger partial charge on any atom is -0.481 e. The average molecular weight is 221 g/mol. The molecular weight excluding hydrogens is 210 g/mol. The summed E-state index contributed by atoms with van der Waals surface area (Å²) in [5, 5.41) is 20.0. The van der Waals surface area contributed by atoms with E-state index in [1.165, 1.54) is 4.52 Å². The third kappa shape index (κ3) is 1.40. The lowest BCUT2D eigenvalue weighted by Gasteiger charge is -2.12. The summed E-state index contributed by atoms with van der Waals surface area (Å²) >= 11 is 0. The van der Waals surface area contributed by atoms with E-state index in [1.807, 2.05) is 0 Å². The molecule has 0 fully saturated rings. The molecule has 84 valence electrons. The molecule has 2 aromatic rings. The Morgan fingerprint density at radius 2 is 2.12 bits per heavy atom. The first kappa shape index (κ1) is 10.5. The second-order valence-corrected chi connectivity index (χ2v) is 3.65. The maximum atomic E-state index is 11.0. The third-order valence-electron chi connectivity index (χ3n) is 2.62. The van der Waals surface area contributed by atoms with Crippen molar-refractivity contribution in [1.82, 2.24) is 25.0 Å². The van der Waals surface area contributed by atoms with Crippen molar-refractivity contribution < 1.29 is 9.90 Å². The van der Waals surface area contributed by atoms with E-state index in [0.29, 0.717) is 22.7 Å². The van der Waals surface area contributed by atoms with Gasteiger partial charge in [-0.15, -0.1) is 0 Å². The first-order valence-corrected chi connectivity index (χ1v) is 4.80. The quantitative estimate of drug-likeness (QED) is 0.785. The molecule has 0 aliphatic rings. The van der Waals surface area contributed by atoms with Crippen LogP contribution in [0.4, 0.5) is 0 Å². The van der Waals surface area contributed by atoms with E-state index < -0.39 is 11.9 Å². The standard InChI is InChI=1S/C9H11N5O2/c1-4(8(15)16)7-5(2)10-9-11-12-13-14(9)6(7)3/h4H,1-3H3,(H,15,16). The van der Waals surface area contributed by atoms with Crippen LogP contribution in [0.5, 0.6) is 0 Å². The van der Waals surface area contributed by atoms with E-state index in [0.717, 1.165) is 0 Å². The number of carboxylic acid groups (broad SMARTS) is 1. The van der Waals surface area contributed by atoms with Crippen molar-refractivity contribution in [2.45, 2.75) is 26.7 Å². The Balaban J connectivity index is 2.73. The van der Waals surface area contributed by atoms with Crippen molar-refractivity contribution in [3.8, 4) is 0 Å². The Morgan fingerprint density at radius 1 is 1.44 bits per heavy atom. The van der Waals surface area contributed by atoms with Gasteiger partial charge in [0.15, 0.2) is 0 Å². The first-order chi connectivity index (χ1) is 7.52. The molecule has 0 saturated heterocycles. The Kier molecular flexibility index (Phi) is 2.30. The maximum absolute atomic E-state index is 11.0. The lowest BCUT2D eigenvalue weighted by Crippen LogP contribution is -2.14. The van der Waals surface area contributed by atoms with E-state index >= 15 is 0 Å². The number of carbonyl (C=O) groups is 1. The molecule has 0 spiro atoms. The molecule has 0 saturated carbocycles. The smallest absolute Gasteiger partial charge is 0.310 e. The highest BCUT2D eigenvalue weighted by molar-refractivity contribution is 5.76. The Hall–Kier alpha value is -2.05. The molecule has 0 radical (unpaired) electrons. The first-order valence-electron chi connectivity index (χ1n) is 4.80. The van der Waals surface area contributed by atoms with Crippen LogP contribution in [-0.4, -0.2) is 36.1 Å². The number of hydrogen-bond donors (Lipinski definition) is 1. The zero-order valence-corrected chi connectivity index (χ0v) is 9.17. The van der Waals surface area contributed by atoms with Gasteiger partial charge in [0.05, 0.1) is 11.6 Å². The molecule has 0 aliphatic heterocycles. The molecule has 2 aromatic heterocycles. The monoisotopic (exact) mass is 221 g/mol. The number of aryl methyl sites for hydroxylation is 2. The normalized spacial score (nSPS) is 12.9. The van der Waals surface area contributed by atoms with Crippen LogP contribution in [0.25, 0.3) is 5.78 Å². The number of rotatable bonds is 2. The van der Waals surface area contributed by atoms with Gasteiger partial charge in [-0.1, -0.05) is 5.10 Å². The molecule has 2 rings (SSSR count). The molecule has 7 nitrogen and oxygen atoms in total. The van der Waals surface area contributed by atoms with Crippen molar-refractivity contribution in [3.05, 3.63) is 17.0 Å². The highest BCUT2D eigenvalue weighted by Crippen LogP contribution is 2.22. The van der Waals surface area contributed by atoms with E-state index in [4.69, 9.17) is 5.11 Å². The lowest BCUT2D eigenvalue weighted by atomic mass is 9.98. The fraction of sp³-hybridized carbons (Fsp3) is 0.444. The predicted octanol–water partition coefficient (Wildman–Crippen LogP) is 0.324. The van der Waals surface area contributed by atoms with Gasteiger partial charge in [-0.25, -0.2) is 4.98 Å². The molecule has 7 heteroatoms. The number of nitrogens with zero attached hydrogens (tertiary/aromatic N) is 5. The molecule has 16 heavy (non-hydrogen) atoms. The molecule has 0 amide bonds. The van der Waals surface area contributed by atoms with E-state index in [9.17, 15) is 4.79 Å². The Bertz CT molecular complexity index is 562. The molecule has 2 heterocycles. The van der Waals surface area contributed by atoms with Crippen LogP contribution >= 0.6 is 0 Å². The van der Waals surface area contributed by atoms with E-state index in [1.54, 1.807) is 20.8 Å². The molecule has 0 aromatic carbocycles. The van der Waals surface area contributed by atoms with Crippen LogP contribution in [-0.2, 0) is 4.79 Å².